The summed E-state index contributed by atoms with van der Waals surface area (Å²) in [7, 11) is 0. The van der Waals surface area contributed by atoms with E-state index in [0.717, 1.165) is 27.3 Å². The molecule has 34 heavy (non-hydrogen) atoms. The van der Waals surface area contributed by atoms with Crippen molar-refractivity contribution in [2.24, 2.45) is 0 Å². The van der Waals surface area contributed by atoms with Gasteiger partial charge in [0.25, 0.3) is 5.91 Å². The smallest absolute Gasteiger partial charge is 0.319 e. The van der Waals surface area contributed by atoms with Gasteiger partial charge < -0.3 is 10.6 Å². The third-order valence-corrected chi connectivity index (χ3v) is 7.28. The van der Waals surface area contributed by atoms with E-state index < -0.39 is 17.5 Å². The van der Waals surface area contributed by atoms with Crippen molar-refractivity contribution in [3.05, 3.63) is 70.6 Å². The maximum Gasteiger partial charge on any atom is 0.325 e. The number of fused-ring (bicyclic) bond motifs is 2. The van der Waals surface area contributed by atoms with E-state index in [1.807, 2.05) is 41.8 Å². The first-order valence-electron chi connectivity index (χ1n) is 11.3. The highest BCUT2D eigenvalue weighted by Gasteiger charge is 2.55. The fourth-order valence-corrected chi connectivity index (χ4v) is 5.38. The number of thiazole rings is 1. The van der Waals surface area contributed by atoms with Crippen LogP contribution < -0.4 is 10.6 Å². The van der Waals surface area contributed by atoms with E-state index in [4.69, 9.17) is 0 Å². The van der Waals surface area contributed by atoms with Gasteiger partial charge in [-0.2, -0.15) is 0 Å². The molecule has 1 aromatic heterocycles. The van der Waals surface area contributed by atoms with Gasteiger partial charge in [0.15, 0.2) is 5.13 Å². The number of amides is 4. The molecule has 0 saturated carbocycles. The molecule has 2 N–H and O–H groups in total. The predicted octanol–water partition coefficient (Wildman–Crippen LogP) is 4.44. The summed E-state index contributed by atoms with van der Waals surface area (Å²) in [4.78, 5) is 44.1. The van der Waals surface area contributed by atoms with Crippen molar-refractivity contribution in [2.45, 2.75) is 44.6 Å². The summed E-state index contributed by atoms with van der Waals surface area (Å²) >= 11 is 1.30. The molecule has 0 radical (unpaired) electrons. The third kappa shape index (κ3) is 3.77. The van der Waals surface area contributed by atoms with E-state index >= 15 is 0 Å². The lowest BCUT2D eigenvalue weighted by Gasteiger charge is -2.22. The molecule has 8 heteroatoms. The maximum absolute atomic E-state index is 13.2. The van der Waals surface area contributed by atoms with E-state index in [2.05, 4.69) is 48.5 Å². The number of carbonyl (C=O) groups excluding carboxylic acids is 3. The summed E-state index contributed by atoms with van der Waals surface area (Å²) in [6.07, 6.45) is 1.21. The number of aryl methyl sites for hydroxylation is 1. The van der Waals surface area contributed by atoms with Crippen LogP contribution in [0.5, 0.6) is 0 Å². The number of urea groups is 1. The van der Waals surface area contributed by atoms with Crippen molar-refractivity contribution in [2.75, 3.05) is 11.9 Å². The number of imide groups is 1. The molecule has 1 spiro atoms. The number of carbonyl (C=O) groups is 3. The quantitative estimate of drug-likeness (QED) is 0.547. The highest BCUT2D eigenvalue weighted by atomic mass is 32.1. The number of benzene rings is 2. The SMILES string of the molecule is CC(C)(C)c1ccc(-c2csc(NC(=O)CN3C(=O)NC4(CCc5ccccc54)C3=O)n2)cc1. The monoisotopic (exact) mass is 474 g/mol. The number of rotatable bonds is 4. The van der Waals surface area contributed by atoms with Crippen LogP contribution in [0.15, 0.2) is 53.9 Å². The molecule has 5 rings (SSSR count). The zero-order valence-electron chi connectivity index (χ0n) is 19.3. The zero-order valence-corrected chi connectivity index (χ0v) is 20.2. The second-order valence-electron chi connectivity index (χ2n) is 9.80. The summed E-state index contributed by atoms with van der Waals surface area (Å²) in [6.45, 7) is 6.13. The molecule has 4 amide bonds. The van der Waals surface area contributed by atoms with Crippen molar-refractivity contribution < 1.29 is 14.4 Å². The molecule has 1 unspecified atom stereocenters. The summed E-state index contributed by atoms with van der Waals surface area (Å²) in [6, 6.07) is 15.3. The normalized spacial score (nSPS) is 19.4. The van der Waals surface area contributed by atoms with Gasteiger partial charge in [0.05, 0.1) is 5.69 Å². The molecule has 3 aromatic rings. The van der Waals surface area contributed by atoms with Gasteiger partial charge in [-0.25, -0.2) is 9.78 Å². The van der Waals surface area contributed by atoms with E-state index in [1.165, 1.54) is 16.9 Å². The largest absolute Gasteiger partial charge is 0.325 e. The lowest BCUT2D eigenvalue weighted by Crippen LogP contribution is -2.42. The van der Waals surface area contributed by atoms with Crippen LogP contribution in [-0.4, -0.2) is 34.3 Å². The minimum absolute atomic E-state index is 0.0677. The van der Waals surface area contributed by atoms with Crippen LogP contribution in [0.1, 0.15) is 43.9 Å². The molecule has 0 bridgehead atoms. The molecule has 1 aliphatic carbocycles. The van der Waals surface area contributed by atoms with Crippen molar-refractivity contribution in [3.63, 3.8) is 0 Å². The minimum Gasteiger partial charge on any atom is -0.319 e. The average molecular weight is 475 g/mol. The standard InChI is InChI=1S/C26H26N4O3S/c1-25(2,3)18-10-8-17(9-11-18)20-15-34-23(27-20)28-21(31)14-30-22(32)26(29-24(30)33)13-12-16-6-4-5-7-19(16)26/h4-11,15H,12-14H2,1-3H3,(H,29,33)(H,27,28,31). The van der Waals surface area contributed by atoms with Gasteiger partial charge in [-0.15, -0.1) is 11.3 Å². The van der Waals surface area contributed by atoms with Crippen molar-refractivity contribution in [1.82, 2.24) is 15.2 Å². The van der Waals surface area contributed by atoms with Gasteiger partial charge >= 0.3 is 6.03 Å². The van der Waals surface area contributed by atoms with Crippen LogP contribution in [0.4, 0.5) is 9.93 Å². The zero-order chi connectivity index (χ0) is 24.1. The van der Waals surface area contributed by atoms with Crippen molar-refractivity contribution >= 4 is 34.3 Å². The van der Waals surface area contributed by atoms with E-state index in [-0.39, 0.29) is 17.9 Å². The molecule has 1 fully saturated rings. The number of hydrogen-bond acceptors (Lipinski definition) is 5. The Balaban J connectivity index is 1.26. The van der Waals surface area contributed by atoms with Crippen LogP contribution >= 0.6 is 11.3 Å². The molecule has 2 heterocycles. The highest BCUT2D eigenvalue weighted by Crippen LogP contribution is 2.41. The molecule has 1 atom stereocenters. The first-order valence-corrected chi connectivity index (χ1v) is 12.1. The Kier molecular flexibility index (Phi) is 5.28. The van der Waals surface area contributed by atoms with Gasteiger partial charge in [-0.1, -0.05) is 69.3 Å². The average Bonchev–Trinajstić information content (AvgIpc) is 3.48. The lowest BCUT2D eigenvalue weighted by atomic mass is 9.86. The van der Waals surface area contributed by atoms with Gasteiger partial charge in [0, 0.05) is 10.9 Å². The number of nitrogens with one attached hydrogen (secondary N) is 2. The van der Waals surface area contributed by atoms with Crippen LogP contribution in [0.25, 0.3) is 11.3 Å². The van der Waals surface area contributed by atoms with Crippen LogP contribution in [0, 0.1) is 0 Å². The number of aromatic nitrogens is 1. The molecular formula is C26H26N4O3S. The van der Waals surface area contributed by atoms with Gasteiger partial charge in [0.2, 0.25) is 5.91 Å². The molecule has 1 aliphatic heterocycles. The van der Waals surface area contributed by atoms with Crippen LogP contribution in [0.3, 0.4) is 0 Å². The predicted molar refractivity (Wildman–Crippen MR) is 132 cm³/mol. The second-order valence-corrected chi connectivity index (χ2v) is 10.7. The Bertz CT molecular complexity index is 1290. The van der Waals surface area contributed by atoms with E-state index in [9.17, 15) is 14.4 Å². The fraction of sp³-hybridized carbons (Fsp3) is 0.308. The Labute approximate surface area is 202 Å². The van der Waals surface area contributed by atoms with Crippen molar-refractivity contribution in [3.8, 4) is 11.3 Å². The van der Waals surface area contributed by atoms with Gasteiger partial charge in [-0.3, -0.25) is 14.5 Å². The number of anilines is 1. The number of hydrogen-bond donors (Lipinski definition) is 2. The first-order chi connectivity index (χ1) is 16.2. The Hall–Kier alpha value is -3.52. The Morgan fingerprint density at radius 2 is 1.88 bits per heavy atom. The lowest BCUT2D eigenvalue weighted by molar-refractivity contribution is -0.134. The topological polar surface area (TPSA) is 91.4 Å². The minimum atomic E-state index is -1.07. The van der Waals surface area contributed by atoms with E-state index in [1.54, 1.807) is 0 Å². The Morgan fingerprint density at radius 1 is 1.15 bits per heavy atom. The molecule has 174 valence electrons. The third-order valence-electron chi connectivity index (χ3n) is 6.52. The van der Waals surface area contributed by atoms with Crippen molar-refractivity contribution in [1.29, 1.82) is 0 Å². The molecular weight excluding hydrogens is 448 g/mol. The summed E-state index contributed by atoms with van der Waals surface area (Å²) < 4.78 is 0. The summed E-state index contributed by atoms with van der Waals surface area (Å²) in [5.74, 6) is -0.841. The second kappa shape index (κ2) is 8.06. The fourth-order valence-electron chi connectivity index (χ4n) is 4.64. The van der Waals surface area contributed by atoms with Gasteiger partial charge in [0.1, 0.15) is 12.1 Å². The van der Waals surface area contributed by atoms with Gasteiger partial charge in [-0.05, 0) is 34.9 Å². The van der Waals surface area contributed by atoms with Crippen LogP contribution in [-0.2, 0) is 27.0 Å². The summed E-state index contributed by atoms with van der Waals surface area (Å²) in [5.41, 5.74) is 3.82. The highest BCUT2D eigenvalue weighted by molar-refractivity contribution is 7.14. The molecule has 1 saturated heterocycles. The van der Waals surface area contributed by atoms with E-state index in [0.29, 0.717) is 18.0 Å². The van der Waals surface area contributed by atoms with Crippen LogP contribution in [0.2, 0.25) is 0 Å². The first kappa shape index (κ1) is 22.3. The number of nitrogens with zero attached hydrogens (tertiary/aromatic N) is 2. The molecule has 2 aromatic carbocycles. The Morgan fingerprint density at radius 3 is 2.62 bits per heavy atom. The molecule has 2 aliphatic rings. The summed E-state index contributed by atoms with van der Waals surface area (Å²) in [5, 5.41) is 7.87. The molecule has 7 nitrogen and oxygen atoms in total. The maximum atomic E-state index is 13.2.